The van der Waals surface area contributed by atoms with E-state index in [1.807, 2.05) is 36.4 Å². The molecule has 1 fully saturated rings. The van der Waals surface area contributed by atoms with Gasteiger partial charge in [-0.25, -0.2) is 17.8 Å². The highest BCUT2D eigenvalue weighted by Gasteiger charge is 2.27. The van der Waals surface area contributed by atoms with Gasteiger partial charge in [0.1, 0.15) is 16.5 Å². The van der Waals surface area contributed by atoms with Crippen molar-refractivity contribution in [2.45, 2.75) is 24.2 Å². The van der Waals surface area contributed by atoms with Gasteiger partial charge in [0.2, 0.25) is 0 Å². The first-order valence-electron chi connectivity index (χ1n) is 11.2. The van der Waals surface area contributed by atoms with Gasteiger partial charge < -0.3 is 4.74 Å². The van der Waals surface area contributed by atoms with Crippen molar-refractivity contribution >= 4 is 10.0 Å². The minimum Gasteiger partial charge on any atom is -0.494 e. The largest absolute Gasteiger partial charge is 0.494 e. The fourth-order valence-electron chi connectivity index (χ4n) is 4.08. The van der Waals surface area contributed by atoms with Gasteiger partial charge in [-0.05, 0) is 72.7 Å². The maximum Gasteiger partial charge on any atom is 0.256 e. The van der Waals surface area contributed by atoms with Crippen molar-refractivity contribution in [1.29, 1.82) is 5.26 Å². The molecule has 1 aliphatic heterocycles. The zero-order valence-electron chi connectivity index (χ0n) is 18.7. The van der Waals surface area contributed by atoms with E-state index in [-0.39, 0.29) is 4.90 Å². The van der Waals surface area contributed by atoms with Gasteiger partial charge in [-0.2, -0.15) is 5.26 Å². The second kappa shape index (κ2) is 10.8. The van der Waals surface area contributed by atoms with Crippen LogP contribution in [0.3, 0.4) is 0 Å². The number of hydrogen-bond donors (Lipinski definition) is 1. The van der Waals surface area contributed by atoms with Crippen LogP contribution in [0.25, 0.3) is 11.1 Å². The Bertz CT molecular complexity index is 1260. The molecule has 0 aliphatic carbocycles. The van der Waals surface area contributed by atoms with Gasteiger partial charge in [-0.1, -0.05) is 36.4 Å². The summed E-state index contributed by atoms with van der Waals surface area (Å²) in [5, 5.41) is 10.6. The highest BCUT2D eigenvalue weighted by molar-refractivity contribution is 7.89. The molecule has 1 N–H and O–H groups in total. The molecule has 4 rings (SSSR count). The summed E-state index contributed by atoms with van der Waals surface area (Å²) in [5.74, 6) is 0.390. The molecule has 0 aromatic heterocycles. The maximum atomic E-state index is 13.9. The molecule has 1 heterocycles. The van der Waals surface area contributed by atoms with E-state index in [0.29, 0.717) is 31.2 Å². The maximum absolute atomic E-state index is 13.9. The number of ether oxygens (including phenoxy) is 1. The van der Waals surface area contributed by atoms with Gasteiger partial charge in [0, 0.05) is 13.1 Å². The number of nitrogens with one attached hydrogen (secondary N) is 1. The highest BCUT2D eigenvalue weighted by atomic mass is 32.2. The van der Waals surface area contributed by atoms with E-state index in [2.05, 4.69) is 10.9 Å². The average molecular weight is 480 g/mol. The quantitative estimate of drug-likeness (QED) is 0.449. The standard InChI is InChI=1S/C26H26FN3O3S/c27-25-5-1-2-6-26(25)34(31,32)29-30-16-15-21(19-30)4-3-17-33-24-13-11-23(12-14-24)22-9-7-20(18-28)8-10-22/h1-2,5-14,21,29H,3-4,15-17,19H2/t21-/m1/s1. The minimum absolute atomic E-state index is 0.336. The molecule has 1 atom stereocenters. The number of nitriles is 1. The van der Waals surface area contributed by atoms with Gasteiger partial charge in [-0.3, -0.25) is 0 Å². The van der Waals surface area contributed by atoms with Crippen molar-refractivity contribution in [3.8, 4) is 22.9 Å². The topological polar surface area (TPSA) is 82.4 Å². The summed E-state index contributed by atoms with van der Waals surface area (Å²) in [6.45, 7) is 1.76. The predicted molar refractivity (Wildman–Crippen MR) is 128 cm³/mol. The normalized spacial score (nSPS) is 16.3. The van der Waals surface area contributed by atoms with Crippen molar-refractivity contribution in [1.82, 2.24) is 9.84 Å². The van der Waals surface area contributed by atoms with Gasteiger partial charge >= 0.3 is 0 Å². The van der Waals surface area contributed by atoms with E-state index in [4.69, 9.17) is 10.00 Å². The van der Waals surface area contributed by atoms with Crippen LogP contribution in [0.5, 0.6) is 5.75 Å². The molecule has 0 amide bonds. The molecular formula is C26H26FN3O3S. The van der Waals surface area contributed by atoms with Gasteiger partial charge in [0.25, 0.3) is 10.0 Å². The second-order valence-corrected chi connectivity index (χ2v) is 9.96. The molecule has 0 radical (unpaired) electrons. The number of hydrazine groups is 1. The predicted octanol–water partition coefficient (Wildman–Crippen LogP) is 4.74. The van der Waals surface area contributed by atoms with Crippen LogP contribution in [0.2, 0.25) is 0 Å². The van der Waals surface area contributed by atoms with Crippen LogP contribution in [-0.2, 0) is 10.0 Å². The van der Waals surface area contributed by atoms with E-state index in [0.717, 1.165) is 42.2 Å². The molecule has 3 aromatic rings. The lowest BCUT2D eigenvalue weighted by molar-refractivity contribution is 0.269. The van der Waals surface area contributed by atoms with Crippen molar-refractivity contribution in [3.63, 3.8) is 0 Å². The first kappa shape index (κ1) is 23.9. The lowest BCUT2D eigenvalue weighted by Gasteiger charge is -2.18. The SMILES string of the molecule is N#Cc1ccc(-c2ccc(OCCC[C@@H]3CCN(NS(=O)(=O)c4ccccc4F)C3)cc2)cc1. The molecule has 0 bridgehead atoms. The lowest BCUT2D eigenvalue weighted by atomic mass is 10.0. The van der Waals surface area contributed by atoms with E-state index < -0.39 is 15.8 Å². The summed E-state index contributed by atoms with van der Waals surface area (Å²) < 4.78 is 44.6. The summed E-state index contributed by atoms with van der Waals surface area (Å²) in [5.41, 5.74) is 2.74. The molecule has 8 heteroatoms. The number of sulfonamides is 1. The van der Waals surface area contributed by atoms with Crippen LogP contribution in [-0.4, -0.2) is 33.1 Å². The Kier molecular flexibility index (Phi) is 7.58. The zero-order valence-corrected chi connectivity index (χ0v) is 19.5. The third kappa shape index (κ3) is 6.00. The molecule has 0 unspecified atom stereocenters. The molecule has 6 nitrogen and oxygen atoms in total. The Hall–Kier alpha value is -3.25. The summed E-state index contributed by atoms with van der Waals surface area (Å²) in [4.78, 5) is 2.17. The van der Waals surface area contributed by atoms with E-state index in [1.165, 1.54) is 18.2 Å². The Morgan fingerprint density at radius 2 is 1.71 bits per heavy atom. The molecular weight excluding hydrogens is 453 g/mol. The third-order valence-corrected chi connectivity index (χ3v) is 7.30. The van der Waals surface area contributed by atoms with Gasteiger partial charge in [-0.15, -0.1) is 4.83 Å². The number of hydrogen-bond acceptors (Lipinski definition) is 5. The number of nitrogens with zero attached hydrogens (tertiary/aromatic N) is 2. The van der Waals surface area contributed by atoms with Gasteiger partial charge in [0.05, 0.1) is 18.2 Å². The Balaban J connectivity index is 1.20. The average Bonchev–Trinajstić information content (AvgIpc) is 3.29. The molecule has 0 saturated carbocycles. The van der Waals surface area contributed by atoms with Crippen LogP contribution in [0.15, 0.2) is 77.7 Å². The van der Waals surface area contributed by atoms with E-state index in [9.17, 15) is 12.8 Å². The zero-order chi connectivity index (χ0) is 24.0. The molecule has 176 valence electrons. The van der Waals surface area contributed by atoms with E-state index >= 15 is 0 Å². The highest BCUT2D eigenvalue weighted by Crippen LogP contribution is 2.24. The fourth-order valence-corrected chi connectivity index (χ4v) is 5.26. The van der Waals surface area contributed by atoms with Crippen molar-refractivity contribution in [2.24, 2.45) is 5.92 Å². The summed E-state index contributed by atoms with van der Waals surface area (Å²) in [6.07, 6.45) is 2.65. The number of halogens is 1. The first-order valence-corrected chi connectivity index (χ1v) is 12.7. The third-order valence-electron chi connectivity index (χ3n) is 5.89. The van der Waals surface area contributed by atoms with Gasteiger partial charge in [0.15, 0.2) is 0 Å². The second-order valence-electron chi connectivity index (χ2n) is 8.33. The van der Waals surface area contributed by atoms with Crippen LogP contribution < -0.4 is 9.57 Å². The van der Waals surface area contributed by atoms with Crippen molar-refractivity contribution < 1.29 is 17.5 Å². The monoisotopic (exact) mass is 479 g/mol. The molecule has 1 saturated heterocycles. The van der Waals surface area contributed by atoms with E-state index in [1.54, 1.807) is 17.1 Å². The number of benzene rings is 3. The van der Waals surface area contributed by atoms with Crippen molar-refractivity contribution in [3.05, 3.63) is 84.2 Å². The minimum atomic E-state index is -3.92. The summed E-state index contributed by atoms with van der Waals surface area (Å²) >= 11 is 0. The Morgan fingerprint density at radius 1 is 1.03 bits per heavy atom. The van der Waals surface area contributed by atoms with Crippen LogP contribution in [0.1, 0.15) is 24.8 Å². The Morgan fingerprint density at radius 3 is 2.38 bits per heavy atom. The molecule has 1 aliphatic rings. The number of rotatable bonds is 9. The first-order chi connectivity index (χ1) is 16.4. The van der Waals surface area contributed by atoms with Crippen LogP contribution >= 0.6 is 0 Å². The van der Waals surface area contributed by atoms with Crippen molar-refractivity contribution in [2.75, 3.05) is 19.7 Å². The summed E-state index contributed by atoms with van der Waals surface area (Å²) in [6, 6.07) is 22.8. The van der Waals surface area contributed by atoms with Crippen LogP contribution in [0.4, 0.5) is 4.39 Å². The summed E-state index contributed by atoms with van der Waals surface area (Å²) in [7, 11) is -3.92. The molecule has 3 aromatic carbocycles. The van der Waals surface area contributed by atoms with Crippen LogP contribution in [0, 0.1) is 23.1 Å². The molecule has 0 spiro atoms. The lowest BCUT2D eigenvalue weighted by Crippen LogP contribution is -2.40. The fraction of sp³-hybridized carbons (Fsp3) is 0.269. The molecule has 34 heavy (non-hydrogen) atoms. The smallest absolute Gasteiger partial charge is 0.256 e. The Labute approximate surface area is 199 Å².